The van der Waals surface area contributed by atoms with E-state index in [1.165, 1.54) is 25.3 Å². The van der Waals surface area contributed by atoms with Crippen molar-refractivity contribution in [1.29, 1.82) is 0 Å². The van der Waals surface area contributed by atoms with Crippen molar-refractivity contribution in [3.63, 3.8) is 0 Å². The largest absolute Gasteiger partial charge is 0.469 e. The number of esters is 1. The molecule has 0 spiro atoms. The number of carbonyl (C=O) groups excluding carboxylic acids is 1. The number of guanidine groups is 1. The number of rotatable bonds is 7. The highest BCUT2D eigenvalue weighted by atomic mass is 35.5. The Hall–Kier alpha value is -2.09. The maximum atomic E-state index is 12.4. The standard InChI is InChI=1S/C14H18ClF2N3O3/c1-18-14(19-6-5-12(21)22-2)20-8-9-7-10(15)3-4-11(9)23-13(16)17/h3-4,7,13H,5-6,8H2,1-2H3,(H2,18,19,20). The first-order valence-corrected chi connectivity index (χ1v) is 7.08. The molecule has 1 aromatic rings. The second-order valence-electron chi connectivity index (χ2n) is 4.31. The van der Waals surface area contributed by atoms with E-state index in [1.807, 2.05) is 0 Å². The fraction of sp³-hybridized carbons (Fsp3) is 0.429. The molecule has 0 radical (unpaired) electrons. The van der Waals surface area contributed by atoms with Gasteiger partial charge < -0.3 is 20.1 Å². The van der Waals surface area contributed by atoms with E-state index in [1.54, 1.807) is 7.05 Å². The molecule has 128 valence electrons. The van der Waals surface area contributed by atoms with E-state index in [-0.39, 0.29) is 24.7 Å². The number of benzene rings is 1. The van der Waals surface area contributed by atoms with E-state index in [0.29, 0.717) is 23.1 Å². The second-order valence-corrected chi connectivity index (χ2v) is 4.75. The molecule has 0 aliphatic carbocycles. The molecule has 0 aliphatic heterocycles. The van der Waals surface area contributed by atoms with E-state index >= 15 is 0 Å². The summed E-state index contributed by atoms with van der Waals surface area (Å²) >= 11 is 5.87. The van der Waals surface area contributed by atoms with Gasteiger partial charge in [-0.1, -0.05) is 11.6 Å². The zero-order valence-electron chi connectivity index (χ0n) is 12.7. The summed E-state index contributed by atoms with van der Waals surface area (Å²) in [5.41, 5.74) is 0.453. The fourth-order valence-electron chi connectivity index (χ4n) is 1.68. The van der Waals surface area contributed by atoms with Gasteiger partial charge >= 0.3 is 12.6 Å². The summed E-state index contributed by atoms with van der Waals surface area (Å²) in [6.45, 7) is -2.43. The Bertz CT molecular complexity index is 556. The number of hydrogen-bond acceptors (Lipinski definition) is 4. The topological polar surface area (TPSA) is 72.0 Å². The van der Waals surface area contributed by atoms with Crippen LogP contribution in [0.25, 0.3) is 0 Å². The molecule has 0 saturated heterocycles. The maximum absolute atomic E-state index is 12.4. The second kappa shape index (κ2) is 9.83. The molecular weight excluding hydrogens is 332 g/mol. The van der Waals surface area contributed by atoms with Gasteiger partial charge in [0.25, 0.3) is 0 Å². The molecule has 0 saturated carbocycles. The lowest BCUT2D eigenvalue weighted by atomic mass is 10.2. The van der Waals surface area contributed by atoms with Gasteiger partial charge in [-0.25, -0.2) is 0 Å². The lowest BCUT2D eigenvalue weighted by Gasteiger charge is -2.14. The van der Waals surface area contributed by atoms with Crippen molar-refractivity contribution < 1.29 is 23.0 Å². The van der Waals surface area contributed by atoms with E-state index < -0.39 is 6.61 Å². The number of nitrogens with one attached hydrogen (secondary N) is 2. The summed E-state index contributed by atoms with van der Waals surface area (Å²) in [6.07, 6.45) is 0.175. The van der Waals surface area contributed by atoms with Gasteiger partial charge in [0.15, 0.2) is 5.96 Å². The first kappa shape index (κ1) is 19.0. The Morgan fingerprint density at radius 2 is 2.13 bits per heavy atom. The predicted molar refractivity (Wildman–Crippen MR) is 82.9 cm³/mol. The molecule has 0 amide bonds. The highest BCUT2D eigenvalue weighted by Gasteiger charge is 2.11. The Morgan fingerprint density at radius 3 is 2.74 bits per heavy atom. The number of carbonyl (C=O) groups is 1. The van der Waals surface area contributed by atoms with Crippen LogP contribution in [-0.2, 0) is 16.1 Å². The lowest BCUT2D eigenvalue weighted by molar-refractivity contribution is -0.140. The van der Waals surface area contributed by atoms with Crippen LogP contribution in [0.4, 0.5) is 8.78 Å². The van der Waals surface area contributed by atoms with Crippen molar-refractivity contribution in [3.05, 3.63) is 28.8 Å². The number of methoxy groups -OCH3 is 1. The molecule has 0 fully saturated rings. The third kappa shape index (κ3) is 7.14. The number of ether oxygens (including phenoxy) is 2. The van der Waals surface area contributed by atoms with Gasteiger partial charge in [0.05, 0.1) is 13.5 Å². The van der Waals surface area contributed by atoms with E-state index in [4.69, 9.17) is 11.6 Å². The summed E-state index contributed by atoms with van der Waals surface area (Å²) in [6, 6.07) is 4.36. The van der Waals surface area contributed by atoms with Crippen LogP contribution >= 0.6 is 11.6 Å². The molecule has 9 heteroatoms. The van der Waals surface area contributed by atoms with Crippen LogP contribution in [-0.4, -0.2) is 39.2 Å². The summed E-state index contributed by atoms with van der Waals surface area (Å²) in [4.78, 5) is 15.0. The van der Waals surface area contributed by atoms with Gasteiger partial charge in [-0.2, -0.15) is 8.78 Å². The van der Waals surface area contributed by atoms with Crippen molar-refractivity contribution in [2.45, 2.75) is 19.6 Å². The van der Waals surface area contributed by atoms with Crippen LogP contribution < -0.4 is 15.4 Å². The van der Waals surface area contributed by atoms with Gasteiger partial charge in [-0.05, 0) is 18.2 Å². The molecule has 0 aliphatic rings. The fourth-order valence-corrected chi connectivity index (χ4v) is 1.88. The molecule has 6 nitrogen and oxygen atoms in total. The third-order valence-corrected chi connectivity index (χ3v) is 2.99. The summed E-state index contributed by atoms with van der Waals surface area (Å²) in [7, 11) is 2.85. The Balaban J connectivity index is 2.61. The molecule has 0 bridgehead atoms. The van der Waals surface area contributed by atoms with Crippen molar-refractivity contribution >= 4 is 23.5 Å². The Morgan fingerprint density at radius 1 is 1.39 bits per heavy atom. The smallest absolute Gasteiger partial charge is 0.387 e. The lowest BCUT2D eigenvalue weighted by Crippen LogP contribution is -2.38. The van der Waals surface area contributed by atoms with Crippen LogP contribution in [0.15, 0.2) is 23.2 Å². The molecule has 0 unspecified atom stereocenters. The Kier molecular flexibility index (Phi) is 8.10. The third-order valence-electron chi connectivity index (χ3n) is 2.76. The molecule has 2 N–H and O–H groups in total. The van der Waals surface area contributed by atoms with Gasteiger partial charge in [-0.3, -0.25) is 9.79 Å². The molecule has 0 atom stereocenters. The zero-order chi connectivity index (χ0) is 17.2. The van der Waals surface area contributed by atoms with E-state index in [2.05, 4.69) is 25.1 Å². The Labute approximate surface area is 137 Å². The number of nitrogens with zero attached hydrogens (tertiary/aromatic N) is 1. The van der Waals surface area contributed by atoms with Gasteiger partial charge in [0, 0.05) is 30.7 Å². The zero-order valence-corrected chi connectivity index (χ0v) is 13.5. The van der Waals surface area contributed by atoms with Crippen LogP contribution in [0.2, 0.25) is 5.02 Å². The number of alkyl halides is 2. The summed E-state index contributed by atoms with van der Waals surface area (Å²) in [5.74, 6) is 0.0780. The monoisotopic (exact) mass is 349 g/mol. The first-order chi connectivity index (χ1) is 11.0. The minimum atomic E-state index is -2.92. The SMILES string of the molecule is CN=C(NCCC(=O)OC)NCc1cc(Cl)ccc1OC(F)F. The normalized spacial score (nSPS) is 11.3. The quantitative estimate of drug-likeness (QED) is 0.448. The first-order valence-electron chi connectivity index (χ1n) is 6.70. The van der Waals surface area contributed by atoms with Crippen LogP contribution in [0.1, 0.15) is 12.0 Å². The number of halogens is 3. The molecule has 0 heterocycles. The van der Waals surface area contributed by atoms with E-state index in [9.17, 15) is 13.6 Å². The molecule has 1 rings (SSSR count). The average Bonchev–Trinajstić information content (AvgIpc) is 2.52. The number of hydrogen-bond donors (Lipinski definition) is 2. The number of aliphatic imine (C=N–C) groups is 1. The van der Waals surface area contributed by atoms with Crippen LogP contribution in [0.5, 0.6) is 5.75 Å². The van der Waals surface area contributed by atoms with Crippen molar-refractivity contribution in [1.82, 2.24) is 10.6 Å². The van der Waals surface area contributed by atoms with E-state index in [0.717, 1.165) is 0 Å². The van der Waals surface area contributed by atoms with Crippen molar-refractivity contribution in [2.75, 3.05) is 20.7 Å². The summed E-state index contributed by atoms with van der Waals surface area (Å²) in [5, 5.41) is 6.22. The van der Waals surface area contributed by atoms with Gasteiger partial charge in [0.1, 0.15) is 5.75 Å². The average molecular weight is 350 g/mol. The maximum Gasteiger partial charge on any atom is 0.387 e. The molecule has 1 aromatic carbocycles. The van der Waals surface area contributed by atoms with Gasteiger partial charge in [-0.15, -0.1) is 0 Å². The van der Waals surface area contributed by atoms with Crippen molar-refractivity contribution in [2.24, 2.45) is 4.99 Å². The van der Waals surface area contributed by atoms with Crippen LogP contribution in [0.3, 0.4) is 0 Å². The minimum absolute atomic E-state index is 0.0295. The minimum Gasteiger partial charge on any atom is -0.469 e. The van der Waals surface area contributed by atoms with Crippen LogP contribution in [0, 0.1) is 0 Å². The molecule has 23 heavy (non-hydrogen) atoms. The molecular formula is C14H18ClF2N3O3. The predicted octanol–water partition coefficient (Wildman–Crippen LogP) is 2.17. The van der Waals surface area contributed by atoms with Gasteiger partial charge in [0.2, 0.25) is 0 Å². The van der Waals surface area contributed by atoms with Crippen molar-refractivity contribution in [3.8, 4) is 5.75 Å². The highest BCUT2D eigenvalue weighted by molar-refractivity contribution is 6.30. The molecule has 0 aromatic heterocycles. The summed E-state index contributed by atoms with van der Waals surface area (Å²) < 4.78 is 33.7. The highest BCUT2D eigenvalue weighted by Crippen LogP contribution is 2.24.